The largest absolute Gasteiger partial charge is 0.379 e. The molecule has 21 heavy (non-hydrogen) atoms. The van der Waals surface area contributed by atoms with Crippen molar-refractivity contribution in [2.24, 2.45) is 0 Å². The summed E-state index contributed by atoms with van der Waals surface area (Å²) in [6.07, 6.45) is 3.60. The maximum atomic E-state index is 5.73. The third kappa shape index (κ3) is 16.0. The minimum atomic E-state index is 0.282. The van der Waals surface area contributed by atoms with Crippen LogP contribution in [0.15, 0.2) is 0 Å². The molecule has 0 rings (SSSR count). The molecule has 0 saturated carbocycles. The van der Waals surface area contributed by atoms with E-state index < -0.39 is 0 Å². The molecule has 0 aromatic heterocycles. The van der Waals surface area contributed by atoms with E-state index in [0.29, 0.717) is 39.6 Å². The van der Waals surface area contributed by atoms with Crippen LogP contribution in [0, 0.1) is 0 Å². The van der Waals surface area contributed by atoms with E-state index in [2.05, 4.69) is 26.1 Å². The number of ether oxygens (including phenoxy) is 4. The predicted molar refractivity (Wildman–Crippen MR) is 85.9 cm³/mol. The number of unbranched alkanes of at least 4 members (excludes halogenated alkanes) is 1. The minimum absolute atomic E-state index is 0.282. The summed E-state index contributed by atoms with van der Waals surface area (Å²) in [7, 11) is 0. The average molecular weight is 305 g/mol. The Morgan fingerprint density at radius 3 is 1.86 bits per heavy atom. The van der Waals surface area contributed by atoms with Crippen LogP contribution >= 0.6 is 0 Å². The molecule has 0 amide bonds. The molecular formula is C16H35NO4. The highest BCUT2D eigenvalue weighted by Gasteiger charge is 2.04. The Labute approximate surface area is 130 Å². The molecule has 0 radical (unpaired) electrons. The van der Waals surface area contributed by atoms with Gasteiger partial charge in [0, 0.05) is 13.2 Å². The molecule has 1 unspecified atom stereocenters. The van der Waals surface area contributed by atoms with Gasteiger partial charge >= 0.3 is 0 Å². The molecular weight excluding hydrogens is 270 g/mol. The van der Waals surface area contributed by atoms with Crippen molar-refractivity contribution in [1.82, 2.24) is 5.32 Å². The number of rotatable bonds is 17. The Morgan fingerprint density at radius 1 is 0.762 bits per heavy atom. The van der Waals surface area contributed by atoms with Crippen molar-refractivity contribution in [3.8, 4) is 0 Å². The first kappa shape index (κ1) is 20.8. The van der Waals surface area contributed by atoms with E-state index in [-0.39, 0.29) is 6.10 Å². The molecule has 0 heterocycles. The van der Waals surface area contributed by atoms with Gasteiger partial charge in [-0.25, -0.2) is 0 Å². The van der Waals surface area contributed by atoms with E-state index in [1.807, 2.05) is 0 Å². The molecule has 0 aromatic carbocycles. The van der Waals surface area contributed by atoms with Crippen LogP contribution in [0.25, 0.3) is 0 Å². The number of nitrogens with one attached hydrogen (secondary N) is 1. The molecule has 1 atom stereocenters. The van der Waals surface area contributed by atoms with Crippen LogP contribution in [0.2, 0.25) is 0 Å². The molecule has 5 heteroatoms. The van der Waals surface area contributed by atoms with E-state index in [0.717, 1.165) is 32.5 Å². The van der Waals surface area contributed by atoms with E-state index in [4.69, 9.17) is 18.9 Å². The fraction of sp³-hybridized carbons (Fsp3) is 1.00. The monoisotopic (exact) mass is 305 g/mol. The Kier molecular flexibility index (Phi) is 17.7. The van der Waals surface area contributed by atoms with E-state index >= 15 is 0 Å². The fourth-order valence-corrected chi connectivity index (χ4v) is 1.69. The van der Waals surface area contributed by atoms with Gasteiger partial charge < -0.3 is 24.3 Å². The van der Waals surface area contributed by atoms with Crippen molar-refractivity contribution < 1.29 is 18.9 Å². The van der Waals surface area contributed by atoms with Crippen LogP contribution < -0.4 is 5.32 Å². The zero-order valence-corrected chi connectivity index (χ0v) is 14.2. The molecule has 0 fully saturated rings. The van der Waals surface area contributed by atoms with Gasteiger partial charge in [-0.2, -0.15) is 0 Å². The summed E-state index contributed by atoms with van der Waals surface area (Å²) in [5.74, 6) is 0. The van der Waals surface area contributed by atoms with Gasteiger partial charge in [-0.1, -0.05) is 27.2 Å². The second-order valence-electron chi connectivity index (χ2n) is 4.90. The normalized spacial score (nSPS) is 12.7. The quantitative estimate of drug-likeness (QED) is 0.418. The summed E-state index contributed by atoms with van der Waals surface area (Å²) >= 11 is 0. The van der Waals surface area contributed by atoms with Crippen molar-refractivity contribution in [3.05, 3.63) is 0 Å². The summed E-state index contributed by atoms with van der Waals surface area (Å²) in [6.45, 7) is 12.9. The second-order valence-corrected chi connectivity index (χ2v) is 4.90. The third-order valence-corrected chi connectivity index (χ3v) is 3.04. The van der Waals surface area contributed by atoms with Crippen LogP contribution in [-0.2, 0) is 18.9 Å². The van der Waals surface area contributed by atoms with Crippen molar-refractivity contribution in [2.45, 2.75) is 46.1 Å². The first-order chi connectivity index (χ1) is 10.3. The fourth-order valence-electron chi connectivity index (χ4n) is 1.69. The van der Waals surface area contributed by atoms with Crippen molar-refractivity contribution in [2.75, 3.05) is 59.3 Å². The summed E-state index contributed by atoms with van der Waals surface area (Å²) in [4.78, 5) is 0. The van der Waals surface area contributed by atoms with Crippen LogP contribution in [0.4, 0.5) is 0 Å². The third-order valence-electron chi connectivity index (χ3n) is 3.04. The van der Waals surface area contributed by atoms with Gasteiger partial charge in [0.25, 0.3) is 0 Å². The van der Waals surface area contributed by atoms with Gasteiger partial charge in [0.15, 0.2) is 0 Å². The lowest BCUT2D eigenvalue weighted by molar-refractivity contribution is -0.0190. The lowest BCUT2D eigenvalue weighted by Crippen LogP contribution is -2.29. The van der Waals surface area contributed by atoms with E-state index in [1.54, 1.807) is 0 Å². The maximum Gasteiger partial charge on any atom is 0.0704 e. The SMILES string of the molecule is CCCCOCCOCCOCCOC(CC)CNCC. The summed E-state index contributed by atoms with van der Waals surface area (Å²) < 4.78 is 22.0. The summed E-state index contributed by atoms with van der Waals surface area (Å²) in [5, 5.41) is 3.30. The molecule has 0 spiro atoms. The maximum absolute atomic E-state index is 5.73. The molecule has 0 bridgehead atoms. The zero-order valence-electron chi connectivity index (χ0n) is 14.2. The molecule has 0 aliphatic rings. The topological polar surface area (TPSA) is 49.0 Å². The van der Waals surface area contributed by atoms with Gasteiger partial charge in [0.2, 0.25) is 0 Å². The molecule has 0 aliphatic carbocycles. The number of hydrogen-bond acceptors (Lipinski definition) is 5. The summed E-state index contributed by atoms with van der Waals surface area (Å²) in [5.41, 5.74) is 0. The number of likely N-dealkylation sites (N-methyl/N-ethyl adjacent to an activating group) is 1. The lowest BCUT2D eigenvalue weighted by atomic mass is 10.3. The van der Waals surface area contributed by atoms with Crippen molar-refractivity contribution >= 4 is 0 Å². The van der Waals surface area contributed by atoms with E-state index in [9.17, 15) is 0 Å². The highest BCUT2D eigenvalue weighted by atomic mass is 16.6. The minimum Gasteiger partial charge on any atom is -0.379 e. The van der Waals surface area contributed by atoms with E-state index in [1.165, 1.54) is 6.42 Å². The second kappa shape index (κ2) is 17.9. The zero-order chi connectivity index (χ0) is 15.6. The van der Waals surface area contributed by atoms with Crippen LogP contribution in [0.3, 0.4) is 0 Å². The molecule has 0 aromatic rings. The van der Waals surface area contributed by atoms with Crippen LogP contribution in [0.5, 0.6) is 0 Å². The number of hydrogen-bond donors (Lipinski definition) is 1. The summed E-state index contributed by atoms with van der Waals surface area (Å²) in [6, 6.07) is 0. The Hall–Kier alpha value is -0.200. The van der Waals surface area contributed by atoms with Gasteiger partial charge in [-0.05, 0) is 19.4 Å². The van der Waals surface area contributed by atoms with Gasteiger partial charge in [-0.3, -0.25) is 0 Å². The van der Waals surface area contributed by atoms with Crippen LogP contribution in [0.1, 0.15) is 40.0 Å². The first-order valence-corrected chi connectivity index (χ1v) is 8.40. The Morgan fingerprint density at radius 2 is 1.33 bits per heavy atom. The predicted octanol–water partition coefficient (Wildman–Crippen LogP) is 2.24. The standard InChI is InChI=1S/C16H35NO4/c1-4-7-8-18-9-10-19-11-12-20-13-14-21-16(5-2)15-17-6-3/h16-17H,4-15H2,1-3H3. The Bertz CT molecular complexity index is 193. The first-order valence-electron chi connectivity index (χ1n) is 8.40. The molecule has 128 valence electrons. The highest BCUT2D eigenvalue weighted by molar-refractivity contribution is 4.58. The van der Waals surface area contributed by atoms with Crippen molar-refractivity contribution in [1.29, 1.82) is 0 Å². The van der Waals surface area contributed by atoms with Crippen LogP contribution in [-0.4, -0.2) is 65.4 Å². The van der Waals surface area contributed by atoms with Gasteiger partial charge in [-0.15, -0.1) is 0 Å². The van der Waals surface area contributed by atoms with Crippen molar-refractivity contribution in [3.63, 3.8) is 0 Å². The molecule has 5 nitrogen and oxygen atoms in total. The van der Waals surface area contributed by atoms with Gasteiger partial charge in [0.05, 0.1) is 45.7 Å². The molecule has 0 saturated heterocycles. The smallest absolute Gasteiger partial charge is 0.0704 e. The highest BCUT2D eigenvalue weighted by Crippen LogP contribution is 1.96. The molecule has 1 N–H and O–H groups in total. The Balaban J connectivity index is 3.14. The molecule has 0 aliphatic heterocycles. The van der Waals surface area contributed by atoms with Gasteiger partial charge in [0.1, 0.15) is 0 Å². The lowest BCUT2D eigenvalue weighted by Gasteiger charge is -2.16. The average Bonchev–Trinajstić information content (AvgIpc) is 2.51.